The van der Waals surface area contributed by atoms with Gasteiger partial charge < -0.3 is 19.2 Å². The Morgan fingerprint density at radius 1 is 0.900 bits per heavy atom. The summed E-state index contributed by atoms with van der Waals surface area (Å²) in [6.45, 7) is 11.2. The molecule has 1 amide bonds. The zero-order valence-electron chi connectivity index (χ0n) is 18.3. The smallest absolute Gasteiger partial charge is 0.291 e. The number of aryl methyl sites for hydroxylation is 3. The van der Waals surface area contributed by atoms with Gasteiger partial charge in [-0.2, -0.15) is 0 Å². The second kappa shape index (κ2) is 9.53. The topological polar surface area (TPSA) is 60.7 Å². The lowest BCUT2D eigenvalue weighted by atomic mass is 9.97. The molecule has 0 fully saturated rings. The summed E-state index contributed by atoms with van der Waals surface area (Å²) in [6.07, 6.45) is 0.656. The van der Waals surface area contributed by atoms with Gasteiger partial charge in [0.1, 0.15) is 5.76 Å². The van der Waals surface area contributed by atoms with Crippen LogP contribution in [0.1, 0.15) is 52.4 Å². The first-order valence-electron chi connectivity index (χ1n) is 10.3. The van der Waals surface area contributed by atoms with E-state index in [1.165, 1.54) is 22.3 Å². The van der Waals surface area contributed by atoms with E-state index in [-0.39, 0.29) is 11.7 Å². The predicted octanol–water partition coefficient (Wildman–Crippen LogP) is 5.85. The Morgan fingerprint density at radius 3 is 2.23 bits per heavy atom. The van der Waals surface area contributed by atoms with Crippen LogP contribution in [0.4, 0.5) is 5.69 Å². The first-order valence-corrected chi connectivity index (χ1v) is 10.3. The zero-order valence-corrected chi connectivity index (χ0v) is 18.3. The van der Waals surface area contributed by atoms with Gasteiger partial charge in [-0.25, -0.2) is 0 Å². The number of nitrogens with one attached hydrogen (secondary N) is 1. The van der Waals surface area contributed by atoms with Gasteiger partial charge in [0.25, 0.3) is 5.91 Å². The van der Waals surface area contributed by atoms with Crippen molar-refractivity contribution in [3.63, 3.8) is 0 Å². The number of hydrogen-bond acceptors (Lipinski definition) is 4. The Bertz CT molecular complexity index is 1010. The van der Waals surface area contributed by atoms with E-state index in [4.69, 9.17) is 13.9 Å². The molecule has 0 atom stereocenters. The first kappa shape index (κ1) is 21.5. The average Bonchev–Trinajstić information content (AvgIpc) is 3.16. The van der Waals surface area contributed by atoms with E-state index in [0.29, 0.717) is 36.8 Å². The summed E-state index contributed by atoms with van der Waals surface area (Å²) in [4.78, 5) is 12.7. The van der Waals surface area contributed by atoms with Crippen LogP contribution in [0.2, 0.25) is 0 Å². The van der Waals surface area contributed by atoms with Gasteiger partial charge in [-0.15, -0.1) is 0 Å². The number of hydrogen-bond donors (Lipinski definition) is 1. The fourth-order valence-electron chi connectivity index (χ4n) is 3.58. The summed E-state index contributed by atoms with van der Waals surface area (Å²) in [5.74, 6) is 1.99. The summed E-state index contributed by atoms with van der Waals surface area (Å²) < 4.78 is 17.0. The maximum absolute atomic E-state index is 12.7. The van der Waals surface area contributed by atoms with Crippen LogP contribution in [0, 0.1) is 20.8 Å². The number of amides is 1. The quantitative estimate of drug-likeness (QED) is 0.509. The van der Waals surface area contributed by atoms with E-state index >= 15 is 0 Å². The molecule has 3 aromatic rings. The molecule has 1 aromatic heterocycles. The summed E-state index contributed by atoms with van der Waals surface area (Å²) in [5, 5.41) is 2.87. The van der Waals surface area contributed by atoms with E-state index in [1.807, 2.05) is 19.9 Å². The minimum atomic E-state index is -0.301. The predicted molar refractivity (Wildman–Crippen MR) is 119 cm³/mol. The highest BCUT2D eigenvalue weighted by Crippen LogP contribution is 2.31. The van der Waals surface area contributed by atoms with Crippen molar-refractivity contribution in [3.05, 3.63) is 76.2 Å². The average molecular weight is 408 g/mol. The van der Waals surface area contributed by atoms with E-state index in [2.05, 4.69) is 38.2 Å². The van der Waals surface area contributed by atoms with Gasteiger partial charge in [-0.1, -0.05) is 17.7 Å². The number of benzene rings is 2. The van der Waals surface area contributed by atoms with Crippen LogP contribution in [0.5, 0.6) is 11.5 Å². The van der Waals surface area contributed by atoms with Gasteiger partial charge in [0.05, 0.1) is 13.2 Å². The summed E-state index contributed by atoms with van der Waals surface area (Å²) >= 11 is 0. The van der Waals surface area contributed by atoms with Gasteiger partial charge in [0.15, 0.2) is 17.3 Å². The molecule has 0 spiro atoms. The summed E-state index contributed by atoms with van der Waals surface area (Å²) in [7, 11) is 0. The molecule has 30 heavy (non-hydrogen) atoms. The number of carbonyl (C=O) groups excluding carboxylic acids is 1. The Kier molecular flexibility index (Phi) is 6.83. The molecule has 158 valence electrons. The molecule has 2 aromatic carbocycles. The van der Waals surface area contributed by atoms with Crippen molar-refractivity contribution in [1.82, 2.24) is 0 Å². The van der Waals surface area contributed by atoms with Crippen LogP contribution in [-0.2, 0) is 6.42 Å². The zero-order chi connectivity index (χ0) is 21.7. The lowest BCUT2D eigenvalue weighted by Crippen LogP contribution is -2.11. The maximum atomic E-state index is 12.7. The molecule has 0 saturated carbocycles. The normalized spacial score (nSPS) is 10.7. The van der Waals surface area contributed by atoms with E-state index < -0.39 is 0 Å². The molecule has 0 aliphatic heterocycles. The van der Waals surface area contributed by atoms with Gasteiger partial charge >= 0.3 is 0 Å². The van der Waals surface area contributed by atoms with Crippen molar-refractivity contribution in [2.75, 3.05) is 18.5 Å². The fourth-order valence-corrected chi connectivity index (χ4v) is 3.58. The SMILES string of the molecule is CCOc1ccc(NC(=O)c2ccc(Cc3c(C)cc(C)cc3C)o2)cc1OCC. The highest BCUT2D eigenvalue weighted by atomic mass is 16.5. The number of carbonyl (C=O) groups is 1. The highest BCUT2D eigenvalue weighted by Gasteiger charge is 2.15. The Labute approximate surface area is 178 Å². The molecule has 1 heterocycles. The fraction of sp³-hybridized carbons (Fsp3) is 0.320. The van der Waals surface area contributed by atoms with Gasteiger partial charge in [0, 0.05) is 18.2 Å². The highest BCUT2D eigenvalue weighted by molar-refractivity contribution is 6.02. The van der Waals surface area contributed by atoms with Crippen molar-refractivity contribution in [2.24, 2.45) is 0 Å². The van der Waals surface area contributed by atoms with Crippen molar-refractivity contribution >= 4 is 11.6 Å². The third-order valence-corrected chi connectivity index (χ3v) is 4.88. The molecule has 3 rings (SSSR count). The van der Waals surface area contributed by atoms with Crippen LogP contribution in [0.3, 0.4) is 0 Å². The van der Waals surface area contributed by atoms with Crippen LogP contribution in [-0.4, -0.2) is 19.1 Å². The monoisotopic (exact) mass is 407 g/mol. The standard InChI is InChI=1S/C25H29NO4/c1-6-28-22-10-8-19(14-24(22)29-7-2)26-25(27)23-11-9-20(30-23)15-21-17(4)12-16(3)13-18(21)5/h8-14H,6-7,15H2,1-5H3,(H,26,27). The Balaban J connectivity index is 1.73. The first-order chi connectivity index (χ1) is 14.4. The van der Waals surface area contributed by atoms with E-state index in [0.717, 1.165) is 5.76 Å². The molecule has 0 unspecified atom stereocenters. The van der Waals surface area contributed by atoms with Crippen LogP contribution in [0.15, 0.2) is 46.9 Å². The third-order valence-electron chi connectivity index (χ3n) is 4.88. The van der Waals surface area contributed by atoms with Gasteiger partial charge in [-0.05, 0) is 75.6 Å². The number of anilines is 1. The molecule has 0 aliphatic rings. The lowest BCUT2D eigenvalue weighted by Gasteiger charge is -2.12. The van der Waals surface area contributed by atoms with Crippen LogP contribution >= 0.6 is 0 Å². The van der Waals surface area contributed by atoms with Crippen molar-refractivity contribution in [2.45, 2.75) is 41.0 Å². The second-order valence-electron chi connectivity index (χ2n) is 7.30. The second-order valence-corrected chi connectivity index (χ2v) is 7.30. The molecule has 0 bridgehead atoms. The Morgan fingerprint density at radius 2 is 1.57 bits per heavy atom. The van der Waals surface area contributed by atoms with E-state index in [9.17, 15) is 4.79 Å². The minimum absolute atomic E-state index is 0.277. The van der Waals surface area contributed by atoms with Gasteiger partial charge in [0.2, 0.25) is 0 Å². The number of ether oxygens (including phenoxy) is 2. The van der Waals surface area contributed by atoms with Crippen molar-refractivity contribution < 1.29 is 18.7 Å². The molecule has 0 saturated heterocycles. The molecule has 5 nitrogen and oxygen atoms in total. The molecular formula is C25H29NO4. The number of rotatable bonds is 8. The van der Waals surface area contributed by atoms with Crippen molar-refractivity contribution in [3.8, 4) is 11.5 Å². The van der Waals surface area contributed by atoms with Crippen LogP contribution < -0.4 is 14.8 Å². The molecule has 0 radical (unpaired) electrons. The summed E-state index contributed by atoms with van der Waals surface area (Å²) in [6, 6.07) is 13.2. The van der Waals surface area contributed by atoms with Crippen molar-refractivity contribution in [1.29, 1.82) is 0 Å². The molecule has 5 heteroatoms. The number of furan rings is 1. The summed E-state index contributed by atoms with van der Waals surface area (Å²) in [5.41, 5.74) is 5.56. The lowest BCUT2D eigenvalue weighted by molar-refractivity contribution is 0.0995. The van der Waals surface area contributed by atoms with Gasteiger partial charge in [-0.3, -0.25) is 4.79 Å². The molecule has 0 aliphatic carbocycles. The largest absolute Gasteiger partial charge is 0.490 e. The molecular weight excluding hydrogens is 378 g/mol. The van der Waals surface area contributed by atoms with Crippen LogP contribution in [0.25, 0.3) is 0 Å². The van der Waals surface area contributed by atoms with E-state index in [1.54, 1.807) is 24.3 Å². The molecule has 1 N–H and O–H groups in total. The maximum Gasteiger partial charge on any atom is 0.291 e. The Hall–Kier alpha value is -3.21. The minimum Gasteiger partial charge on any atom is -0.490 e. The third kappa shape index (κ3) is 5.03.